The Morgan fingerprint density at radius 3 is 2.76 bits per heavy atom. The molecular formula is C19H18N6O8S. The number of imidazole rings is 1. The fourth-order valence-electron chi connectivity index (χ4n) is 3.77. The third-order valence-corrected chi connectivity index (χ3v) is 6.92. The molecule has 0 unspecified atom stereocenters. The number of hydrogen-bond donors (Lipinski definition) is 5. The van der Waals surface area contributed by atoms with E-state index in [1.807, 2.05) is 0 Å². The zero-order valence-corrected chi connectivity index (χ0v) is 18.0. The van der Waals surface area contributed by atoms with Gasteiger partial charge in [0.05, 0.1) is 11.7 Å². The lowest BCUT2D eigenvalue weighted by molar-refractivity contribution is -0.0330. The number of nitrogens with two attached hydrogens (primary N) is 1. The number of sulfonamides is 1. The smallest absolute Gasteiger partial charge is 0.247 e. The molecule has 1 fully saturated rings. The summed E-state index contributed by atoms with van der Waals surface area (Å²) in [4.78, 5) is 23.9. The summed E-state index contributed by atoms with van der Waals surface area (Å²) in [5.74, 6) is -0.198. The molecule has 4 heterocycles. The Hall–Kier alpha value is -3.63. The minimum Gasteiger partial charge on any atom is -0.504 e. The van der Waals surface area contributed by atoms with E-state index in [2.05, 4.69) is 19.7 Å². The number of aliphatic hydroxyl groups is 2. The van der Waals surface area contributed by atoms with Crippen molar-refractivity contribution >= 4 is 38.0 Å². The van der Waals surface area contributed by atoms with Gasteiger partial charge in [0.15, 0.2) is 33.9 Å². The first kappa shape index (κ1) is 22.2. The van der Waals surface area contributed by atoms with E-state index in [1.165, 1.54) is 35.4 Å². The Labute approximate surface area is 190 Å². The van der Waals surface area contributed by atoms with Crippen LogP contribution in [0.4, 0.5) is 5.82 Å². The Bertz CT molecular complexity index is 1570. The first-order valence-electron chi connectivity index (χ1n) is 9.87. The van der Waals surface area contributed by atoms with Crippen molar-refractivity contribution in [2.24, 2.45) is 0 Å². The highest BCUT2D eigenvalue weighted by Crippen LogP contribution is 2.32. The molecule has 34 heavy (non-hydrogen) atoms. The van der Waals surface area contributed by atoms with Gasteiger partial charge in [0.1, 0.15) is 36.4 Å². The lowest BCUT2D eigenvalue weighted by Crippen LogP contribution is -2.40. The summed E-state index contributed by atoms with van der Waals surface area (Å²) in [6.45, 7) is -0.474. The standard InChI is InChI=1S/C19H18N6O8S/c20-17-12-18(22-6-21-17)25(7-23-12)19-15(29)14(28)10(33-19)4-24-34(30,31)11-5-32-16-8(13(11)27)2-1-3-9(16)26/h1-3,5-7,10,14-15,19,24,26,28-29H,4H2,(H2,20,21,22)/t10-,14-,15-,19-/m1/s1. The highest BCUT2D eigenvalue weighted by molar-refractivity contribution is 7.89. The molecular weight excluding hydrogens is 472 g/mol. The Morgan fingerprint density at radius 1 is 1.18 bits per heavy atom. The summed E-state index contributed by atoms with van der Waals surface area (Å²) in [5.41, 5.74) is 5.25. The van der Waals surface area contributed by atoms with Gasteiger partial charge in [0.25, 0.3) is 0 Å². The van der Waals surface area contributed by atoms with Crippen LogP contribution in [-0.2, 0) is 14.8 Å². The summed E-state index contributed by atoms with van der Waals surface area (Å²) in [6.07, 6.45) is -2.02. The monoisotopic (exact) mass is 490 g/mol. The second-order valence-corrected chi connectivity index (χ2v) is 9.30. The number of hydrogen-bond acceptors (Lipinski definition) is 12. The number of anilines is 1. The van der Waals surface area contributed by atoms with Crippen LogP contribution < -0.4 is 15.9 Å². The first-order valence-corrected chi connectivity index (χ1v) is 11.3. The molecule has 0 aliphatic carbocycles. The van der Waals surface area contributed by atoms with Crippen LogP contribution in [0.5, 0.6) is 5.75 Å². The average molecular weight is 490 g/mol. The number of aliphatic hydroxyl groups excluding tert-OH is 2. The molecule has 0 spiro atoms. The summed E-state index contributed by atoms with van der Waals surface area (Å²) < 4.78 is 39.9. The first-order chi connectivity index (χ1) is 16.2. The third-order valence-electron chi connectivity index (χ3n) is 5.51. The summed E-state index contributed by atoms with van der Waals surface area (Å²) in [7, 11) is -4.40. The molecule has 0 radical (unpaired) electrons. The zero-order valence-electron chi connectivity index (χ0n) is 17.1. The number of phenols is 1. The van der Waals surface area contributed by atoms with Gasteiger partial charge in [-0.2, -0.15) is 0 Å². The molecule has 0 bridgehead atoms. The molecule has 14 nitrogen and oxygen atoms in total. The van der Waals surface area contributed by atoms with Gasteiger partial charge in [-0.3, -0.25) is 9.36 Å². The van der Waals surface area contributed by atoms with E-state index in [0.29, 0.717) is 0 Å². The quantitative estimate of drug-likeness (QED) is 0.223. The van der Waals surface area contributed by atoms with Crippen LogP contribution in [0.3, 0.4) is 0 Å². The zero-order chi connectivity index (χ0) is 24.2. The molecule has 1 saturated heterocycles. The Morgan fingerprint density at radius 2 is 1.97 bits per heavy atom. The van der Waals surface area contributed by atoms with Crippen LogP contribution in [0.1, 0.15) is 6.23 Å². The number of phenolic OH excluding ortho intramolecular Hbond substituents is 1. The highest BCUT2D eigenvalue weighted by atomic mass is 32.2. The number of aromatic nitrogens is 4. The predicted molar refractivity (Wildman–Crippen MR) is 115 cm³/mol. The Kier molecular flexibility index (Phi) is 5.22. The van der Waals surface area contributed by atoms with Crippen molar-refractivity contribution in [1.29, 1.82) is 0 Å². The van der Waals surface area contributed by atoms with Crippen molar-refractivity contribution in [3.05, 3.63) is 47.3 Å². The molecule has 3 aromatic heterocycles. The number of benzene rings is 1. The molecule has 0 saturated carbocycles. The number of nitrogens with one attached hydrogen (secondary N) is 1. The van der Waals surface area contributed by atoms with E-state index in [1.54, 1.807) is 0 Å². The minimum atomic E-state index is -4.40. The second-order valence-electron chi connectivity index (χ2n) is 7.56. The van der Waals surface area contributed by atoms with Gasteiger partial charge >= 0.3 is 0 Å². The van der Waals surface area contributed by atoms with Crippen molar-refractivity contribution in [2.45, 2.75) is 29.4 Å². The SMILES string of the molecule is Nc1ncnc2c1ncn2[C@@H]1O[C@H](CNS(=O)(=O)c2coc3c(O)cccc3c2=O)[C@@H](O)[C@H]1O. The highest BCUT2D eigenvalue weighted by Gasteiger charge is 2.44. The van der Waals surface area contributed by atoms with Crippen LogP contribution in [-0.4, -0.2) is 68.1 Å². The molecule has 4 aromatic rings. The molecule has 1 aromatic carbocycles. The van der Waals surface area contributed by atoms with Crippen molar-refractivity contribution in [3.8, 4) is 5.75 Å². The van der Waals surface area contributed by atoms with Gasteiger partial charge in [-0.1, -0.05) is 6.07 Å². The fourth-order valence-corrected chi connectivity index (χ4v) is 4.83. The van der Waals surface area contributed by atoms with Crippen molar-refractivity contribution in [2.75, 3.05) is 12.3 Å². The number of fused-ring (bicyclic) bond motifs is 2. The number of para-hydroxylation sites is 1. The molecule has 15 heteroatoms. The van der Waals surface area contributed by atoms with Gasteiger partial charge in [-0.15, -0.1) is 0 Å². The van der Waals surface area contributed by atoms with Gasteiger partial charge in [-0.25, -0.2) is 28.1 Å². The van der Waals surface area contributed by atoms with Gasteiger partial charge in [0, 0.05) is 6.54 Å². The lowest BCUT2D eigenvalue weighted by Gasteiger charge is -2.16. The van der Waals surface area contributed by atoms with Gasteiger partial charge < -0.3 is 30.2 Å². The van der Waals surface area contributed by atoms with Crippen molar-refractivity contribution in [1.82, 2.24) is 24.2 Å². The average Bonchev–Trinajstić information content (AvgIpc) is 3.35. The van der Waals surface area contributed by atoms with Crippen molar-refractivity contribution in [3.63, 3.8) is 0 Å². The second kappa shape index (κ2) is 8.00. The predicted octanol–water partition coefficient (Wildman–Crippen LogP) is -1.18. The molecule has 0 amide bonds. The van der Waals surface area contributed by atoms with Gasteiger partial charge in [0.2, 0.25) is 15.5 Å². The van der Waals surface area contributed by atoms with E-state index in [9.17, 15) is 28.5 Å². The van der Waals surface area contributed by atoms with Gasteiger partial charge in [-0.05, 0) is 12.1 Å². The molecule has 1 aliphatic heterocycles. The van der Waals surface area contributed by atoms with E-state index in [0.717, 1.165) is 6.26 Å². The number of aromatic hydroxyl groups is 1. The summed E-state index contributed by atoms with van der Waals surface area (Å²) in [6, 6.07) is 3.99. The summed E-state index contributed by atoms with van der Waals surface area (Å²) in [5, 5.41) is 30.6. The molecule has 178 valence electrons. The number of ether oxygens (including phenoxy) is 1. The summed E-state index contributed by atoms with van der Waals surface area (Å²) >= 11 is 0. The normalized spacial score (nSPS) is 23.1. The molecule has 1 aliphatic rings. The molecule has 6 N–H and O–H groups in total. The Balaban J connectivity index is 1.38. The maximum atomic E-state index is 12.8. The minimum absolute atomic E-state index is 0.114. The number of rotatable bonds is 5. The van der Waals surface area contributed by atoms with E-state index in [4.69, 9.17) is 14.9 Å². The van der Waals surface area contributed by atoms with Crippen LogP contribution in [0, 0.1) is 0 Å². The number of nitrogens with zero attached hydrogens (tertiary/aromatic N) is 4. The van der Waals surface area contributed by atoms with Crippen molar-refractivity contribution < 1.29 is 32.9 Å². The van der Waals surface area contributed by atoms with Crippen LogP contribution >= 0.6 is 0 Å². The van der Waals surface area contributed by atoms with E-state index in [-0.39, 0.29) is 33.7 Å². The maximum absolute atomic E-state index is 12.8. The number of nitrogen functional groups attached to an aromatic ring is 1. The topological polar surface area (TPSA) is 216 Å². The van der Waals surface area contributed by atoms with Crippen LogP contribution in [0.25, 0.3) is 22.1 Å². The molecule has 4 atom stereocenters. The fraction of sp³-hybridized carbons (Fsp3) is 0.263. The third kappa shape index (κ3) is 3.46. The van der Waals surface area contributed by atoms with Crippen LogP contribution in [0.15, 0.2) is 51.2 Å². The lowest BCUT2D eigenvalue weighted by atomic mass is 10.1. The maximum Gasteiger partial charge on any atom is 0.247 e. The van der Waals surface area contributed by atoms with E-state index >= 15 is 0 Å². The van der Waals surface area contributed by atoms with Crippen LogP contribution in [0.2, 0.25) is 0 Å². The largest absolute Gasteiger partial charge is 0.504 e. The molecule has 5 rings (SSSR count). The van der Waals surface area contributed by atoms with E-state index < -0.39 is 51.4 Å².